The molecule has 4 heteroatoms. The minimum Gasteiger partial charge on any atom is -0.478 e. The zero-order valence-corrected chi connectivity index (χ0v) is 10.5. The summed E-state index contributed by atoms with van der Waals surface area (Å²) in [5, 5.41) is 29.2. The zero-order valence-electron chi connectivity index (χ0n) is 10.5. The monoisotopic (exact) mass is 260 g/mol. The van der Waals surface area contributed by atoms with Crippen LogP contribution in [-0.2, 0) is 12.8 Å². The smallest absolute Gasteiger partial charge is 0.336 e. The van der Waals surface area contributed by atoms with E-state index in [4.69, 9.17) is 10.2 Å². The van der Waals surface area contributed by atoms with Gasteiger partial charge in [-0.25, -0.2) is 4.79 Å². The average Bonchev–Trinajstić information content (AvgIpc) is 2.39. The number of hydrogen-bond acceptors (Lipinski definition) is 3. The summed E-state index contributed by atoms with van der Waals surface area (Å²) in [6.45, 7) is -0.160. The van der Waals surface area contributed by atoms with Crippen LogP contribution in [0.4, 0.5) is 0 Å². The Balaban J connectivity index is 2.78. The van der Waals surface area contributed by atoms with E-state index < -0.39 is 5.97 Å². The first-order chi connectivity index (χ1) is 9.19. The van der Waals surface area contributed by atoms with Gasteiger partial charge in [-0.1, -0.05) is 30.3 Å². The molecule has 0 amide bonds. The van der Waals surface area contributed by atoms with Crippen molar-refractivity contribution in [3.05, 3.63) is 47.0 Å². The van der Waals surface area contributed by atoms with Crippen molar-refractivity contribution in [1.29, 1.82) is 0 Å². The highest BCUT2D eigenvalue weighted by molar-refractivity contribution is 6.05. The molecule has 0 spiro atoms. The minimum absolute atomic E-state index is 0.0458. The first-order valence-electron chi connectivity index (χ1n) is 6.17. The van der Waals surface area contributed by atoms with Crippen LogP contribution in [0.25, 0.3) is 10.8 Å². The Labute approximate surface area is 110 Å². The predicted molar refractivity (Wildman–Crippen MR) is 72.5 cm³/mol. The number of benzene rings is 2. The fraction of sp³-hybridized carbons (Fsp3) is 0.267. The third-order valence-electron chi connectivity index (χ3n) is 3.21. The van der Waals surface area contributed by atoms with Gasteiger partial charge in [0.2, 0.25) is 0 Å². The summed E-state index contributed by atoms with van der Waals surface area (Å²) >= 11 is 0. The van der Waals surface area contributed by atoms with E-state index in [-0.39, 0.29) is 25.2 Å². The largest absolute Gasteiger partial charge is 0.478 e. The molecule has 0 fully saturated rings. The van der Waals surface area contributed by atoms with Crippen LogP contribution in [0.1, 0.15) is 21.5 Å². The van der Waals surface area contributed by atoms with Crippen LogP contribution in [0.5, 0.6) is 0 Å². The number of aromatic carboxylic acids is 1. The van der Waals surface area contributed by atoms with Crippen LogP contribution in [0, 0.1) is 0 Å². The molecule has 0 radical (unpaired) electrons. The molecule has 2 aromatic carbocycles. The lowest BCUT2D eigenvalue weighted by Crippen LogP contribution is -2.10. The maximum absolute atomic E-state index is 11.5. The quantitative estimate of drug-likeness (QED) is 0.763. The van der Waals surface area contributed by atoms with E-state index in [2.05, 4.69) is 0 Å². The number of carboxylic acids is 1. The summed E-state index contributed by atoms with van der Waals surface area (Å²) in [7, 11) is 0. The van der Waals surface area contributed by atoms with Gasteiger partial charge in [0.25, 0.3) is 0 Å². The van der Waals surface area contributed by atoms with E-state index in [1.54, 1.807) is 12.1 Å². The Bertz CT molecular complexity index is 604. The van der Waals surface area contributed by atoms with Crippen molar-refractivity contribution < 1.29 is 20.1 Å². The summed E-state index contributed by atoms with van der Waals surface area (Å²) in [6.07, 6.45) is 0.669. The Morgan fingerprint density at radius 1 is 1.05 bits per heavy atom. The second-order valence-electron chi connectivity index (χ2n) is 4.36. The minimum atomic E-state index is -1.00. The molecule has 0 atom stereocenters. The van der Waals surface area contributed by atoms with Gasteiger partial charge >= 0.3 is 5.97 Å². The van der Waals surface area contributed by atoms with E-state index >= 15 is 0 Å². The molecule has 2 rings (SSSR count). The van der Waals surface area contributed by atoms with Gasteiger partial charge in [-0.15, -0.1) is 0 Å². The van der Waals surface area contributed by atoms with Gasteiger partial charge in [0, 0.05) is 13.2 Å². The van der Waals surface area contributed by atoms with Crippen molar-refractivity contribution in [2.24, 2.45) is 0 Å². The third kappa shape index (κ3) is 2.59. The second kappa shape index (κ2) is 5.82. The van der Waals surface area contributed by atoms with Crippen LogP contribution in [0.2, 0.25) is 0 Å². The Morgan fingerprint density at radius 3 is 2.37 bits per heavy atom. The molecule has 3 N–H and O–H groups in total. The van der Waals surface area contributed by atoms with Crippen LogP contribution in [0.3, 0.4) is 0 Å². The first-order valence-corrected chi connectivity index (χ1v) is 6.17. The Hall–Kier alpha value is -1.91. The molecule has 4 nitrogen and oxygen atoms in total. The topological polar surface area (TPSA) is 77.8 Å². The molecular formula is C15H16O4. The van der Waals surface area contributed by atoms with E-state index in [1.807, 2.05) is 18.2 Å². The van der Waals surface area contributed by atoms with Crippen LogP contribution in [0.15, 0.2) is 30.3 Å². The van der Waals surface area contributed by atoms with Gasteiger partial charge in [-0.2, -0.15) is 0 Å². The molecule has 100 valence electrons. The zero-order chi connectivity index (χ0) is 13.8. The molecule has 0 heterocycles. The molecule has 0 aliphatic carbocycles. The number of carboxylic acid groups (broad SMARTS) is 1. The highest BCUT2D eigenvalue weighted by Gasteiger charge is 2.17. The molecule has 0 saturated heterocycles. The summed E-state index contributed by atoms with van der Waals surface area (Å²) in [5.41, 5.74) is 1.63. The fourth-order valence-corrected chi connectivity index (χ4v) is 2.43. The first kappa shape index (κ1) is 13.5. The summed E-state index contributed by atoms with van der Waals surface area (Å²) in [4.78, 5) is 11.5. The van der Waals surface area contributed by atoms with Crippen molar-refractivity contribution in [3.8, 4) is 0 Å². The molecule has 0 aliphatic rings. The molecule has 2 aromatic rings. The Morgan fingerprint density at radius 2 is 1.74 bits per heavy atom. The normalized spacial score (nSPS) is 10.8. The number of aliphatic hydroxyl groups excluding tert-OH is 2. The molecular weight excluding hydrogens is 244 g/mol. The lowest BCUT2D eigenvalue weighted by atomic mass is 9.91. The van der Waals surface area contributed by atoms with Crippen LogP contribution in [-0.4, -0.2) is 34.5 Å². The van der Waals surface area contributed by atoms with Gasteiger partial charge in [0.05, 0.1) is 5.56 Å². The number of hydrogen-bond donors (Lipinski definition) is 3. The van der Waals surface area contributed by atoms with Crippen molar-refractivity contribution in [3.63, 3.8) is 0 Å². The average molecular weight is 260 g/mol. The highest BCUT2D eigenvalue weighted by Crippen LogP contribution is 2.27. The van der Waals surface area contributed by atoms with Crippen molar-refractivity contribution >= 4 is 16.7 Å². The van der Waals surface area contributed by atoms with E-state index in [0.29, 0.717) is 17.4 Å². The maximum atomic E-state index is 11.5. The van der Waals surface area contributed by atoms with Crippen molar-refractivity contribution in [1.82, 2.24) is 0 Å². The molecule has 0 aliphatic heterocycles. The molecule has 0 saturated carbocycles. The van der Waals surface area contributed by atoms with Gasteiger partial charge in [0.1, 0.15) is 0 Å². The predicted octanol–water partition coefficient (Wildman–Crippen LogP) is 1.61. The molecule has 0 bridgehead atoms. The van der Waals surface area contributed by atoms with Crippen LogP contribution < -0.4 is 0 Å². The van der Waals surface area contributed by atoms with E-state index in [1.165, 1.54) is 0 Å². The standard InChI is InChI=1S/C15H16O4/c16-7-5-11-9-10-3-1-2-4-12(10)14(15(18)19)13(11)6-8-17/h1-4,9,16-17H,5-8H2,(H,18,19). The summed E-state index contributed by atoms with van der Waals surface area (Å²) < 4.78 is 0. The van der Waals surface area contributed by atoms with Gasteiger partial charge < -0.3 is 15.3 Å². The Kier molecular flexibility index (Phi) is 4.14. The number of rotatable bonds is 5. The number of carbonyl (C=O) groups is 1. The highest BCUT2D eigenvalue weighted by atomic mass is 16.4. The lowest BCUT2D eigenvalue weighted by molar-refractivity contribution is 0.0697. The number of aliphatic hydroxyl groups is 2. The molecule has 0 aromatic heterocycles. The SMILES string of the molecule is O=C(O)c1c(CCO)c(CCO)cc2ccccc12. The van der Waals surface area contributed by atoms with E-state index in [9.17, 15) is 9.90 Å². The van der Waals surface area contributed by atoms with Gasteiger partial charge in [0.15, 0.2) is 0 Å². The molecule has 19 heavy (non-hydrogen) atoms. The lowest BCUT2D eigenvalue weighted by Gasteiger charge is -2.14. The van der Waals surface area contributed by atoms with Crippen molar-refractivity contribution in [2.75, 3.05) is 13.2 Å². The van der Waals surface area contributed by atoms with Crippen molar-refractivity contribution in [2.45, 2.75) is 12.8 Å². The summed E-state index contributed by atoms with van der Waals surface area (Å²) in [6, 6.07) is 9.16. The maximum Gasteiger partial charge on any atom is 0.336 e. The third-order valence-corrected chi connectivity index (χ3v) is 3.21. The number of fused-ring (bicyclic) bond motifs is 1. The van der Waals surface area contributed by atoms with E-state index in [0.717, 1.165) is 10.9 Å². The molecule has 0 unspecified atom stereocenters. The fourth-order valence-electron chi connectivity index (χ4n) is 2.43. The van der Waals surface area contributed by atoms with Gasteiger partial charge in [-0.05, 0) is 34.7 Å². The second-order valence-corrected chi connectivity index (χ2v) is 4.36. The summed E-state index contributed by atoms with van der Waals surface area (Å²) in [5.74, 6) is -1.00. The van der Waals surface area contributed by atoms with Crippen LogP contribution >= 0.6 is 0 Å². The van der Waals surface area contributed by atoms with Gasteiger partial charge in [-0.3, -0.25) is 0 Å².